The van der Waals surface area contributed by atoms with Gasteiger partial charge in [-0.2, -0.15) is 23.5 Å². The normalized spacial score (nSPS) is 12.5. The summed E-state index contributed by atoms with van der Waals surface area (Å²) in [5, 5.41) is 0.129. The van der Waals surface area contributed by atoms with E-state index in [4.69, 9.17) is 4.74 Å². The van der Waals surface area contributed by atoms with Gasteiger partial charge in [-0.25, -0.2) is 0 Å². The average molecular weight is 412 g/mol. The van der Waals surface area contributed by atoms with Crippen molar-refractivity contribution in [2.45, 2.75) is 41.2 Å². The van der Waals surface area contributed by atoms with Gasteiger partial charge in [0, 0.05) is 22.0 Å². The van der Waals surface area contributed by atoms with E-state index in [9.17, 15) is 4.79 Å². The number of carbonyl (C=O) groups excluding carboxylic acids is 1. The molecule has 0 aliphatic heterocycles. The maximum absolute atomic E-state index is 12.0. The van der Waals surface area contributed by atoms with E-state index in [2.05, 4.69) is 60.7 Å². The third kappa shape index (κ3) is 8.40. The number of methoxy groups -OCH3 is 1. The summed E-state index contributed by atoms with van der Waals surface area (Å²) in [5.41, 5.74) is 2.74. The van der Waals surface area contributed by atoms with E-state index in [-0.39, 0.29) is 5.97 Å². The molecule has 0 saturated carbocycles. The molecule has 2 aromatic rings. The van der Waals surface area contributed by atoms with Crippen LogP contribution in [-0.2, 0) is 21.0 Å². The van der Waals surface area contributed by atoms with Gasteiger partial charge in [-0.1, -0.05) is 67.1 Å². The van der Waals surface area contributed by atoms with Gasteiger partial charge >= 0.3 is 0 Å². The van der Waals surface area contributed by atoms with Crippen LogP contribution < -0.4 is 0 Å². The first-order valence-corrected chi connectivity index (χ1v) is 12.1. The highest BCUT2D eigenvalue weighted by Crippen LogP contribution is 2.32. The minimum atomic E-state index is -0.419. The lowest BCUT2D eigenvalue weighted by Gasteiger charge is -2.25. The van der Waals surface area contributed by atoms with Gasteiger partial charge in [0.2, 0.25) is 0 Å². The molecule has 0 amide bonds. The van der Waals surface area contributed by atoms with Crippen molar-refractivity contribution in [2.75, 3.05) is 12.9 Å². The summed E-state index contributed by atoms with van der Waals surface area (Å²) in [4.78, 5) is 12.0. The molecular formula is C22H30B2O2S2. The van der Waals surface area contributed by atoms with Gasteiger partial charge in [-0.05, 0) is 29.7 Å². The summed E-state index contributed by atoms with van der Waals surface area (Å²) in [6.45, 7) is 0. The topological polar surface area (TPSA) is 26.3 Å². The van der Waals surface area contributed by atoms with Crippen LogP contribution >= 0.6 is 23.5 Å². The minimum absolute atomic E-state index is 0.113. The fourth-order valence-corrected chi connectivity index (χ4v) is 5.34. The first-order valence-electron chi connectivity index (χ1n) is 9.87. The van der Waals surface area contributed by atoms with Gasteiger partial charge in [0.05, 0.1) is 7.11 Å². The maximum atomic E-state index is 12.0. The first kappa shape index (κ1) is 23.0. The summed E-state index contributed by atoms with van der Waals surface area (Å²) in [5.74, 6) is 3.11. The molecule has 0 fully saturated rings. The summed E-state index contributed by atoms with van der Waals surface area (Å²) >= 11 is 4.01. The van der Waals surface area contributed by atoms with Crippen LogP contribution in [0.4, 0.5) is 0 Å². The highest BCUT2D eigenvalue weighted by Gasteiger charge is 2.29. The first-order chi connectivity index (χ1) is 13.5. The summed E-state index contributed by atoms with van der Waals surface area (Å²) < 4.78 is 4.97. The monoisotopic (exact) mass is 412 g/mol. The third-order valence-electron chi connectivity index (χ3n) is 4.85. The molecule has 0 radical (unpaired) electrons. The fourth-order valence-electron chi connectivity index (χ4n) is 2.98. The minimum Gasteiger partial charge on any atom is -0.470 e. The van der Waals surface area contributed by atoms with Crippen LogP contribution in [0, 0.1) is 0 Å². The number of hydrogen-bond donors (Lipinski definition) is 0. The summed E-state index contributed by atoms with van der Waals surface area (Å²) in [6.07, 6.45) is 3.05. The lowest BCUT2D eigenvalue weighted by molar-refractivity contribution is -0.141. The van der Waals surface area contributed by atoms with Gasteiger partial charge < -0.3 is 4.74 Å². The van der Waals surface area contributed by atoms with E-state index in [1.807, 2.05) is 39.2 Å². The molecule has 0 aliphatic rings. The number of carbonyl (C=O) groups is 1. The number of benzene rings is 2. The van der Waals surface area contributed by atoms with Gasteiger partial charge in [-0.15, -0.1) is 0 Å². The fraction of sp³-hybridized carbons (Fsp3) is 0.409. The quantitative estimate of drug-likeness (QED) is 0.300. The van der Waals surface area contributed by atoms with E-state index in [1.165, 1.54) is 18.2 Å². The number of rotatable bonds is 12. The number of thioether (sulfide) groups is 2. The Balaban J connectivity index is 1.84. The average Bonchev–Trinajstić information content (AvgIpc) is 2.73. The van der Waals surface area contributed by atoms with E-state index < -0.39 is 5.21 Å². The predicted octanol–water partition coefficient (Wildman–Crippen LogP) is 3.95. The van der Waals surface area contributed by atoms with Crippen molar-refractivity contribution in [3.05, 3.63) is 71.8 Å². The molecule has 2 nitrogen and oxygen atoms in total. The van der Waals surface area contributed by atoms with E-state index in [0.717, 1.165) is 36.5 Å². The highest BCUT2D eigenvalue weighted by molar-refractivity contribution is 7.99. The molecule has 0 N–H and O–H groups in total. The molecule has 0 heterocycles. The second-order valence-electron chi connectivity index (χ2n) is 7.66. The number of hydrogen-bond acceptors (Lipinski definition) is 4. The molecule has 0 bridgehead atoms. The SMILES string of the molecule is BC(B)(CCC(CCSCc1ccccc1)SCc1ccccc1)C(=O)OC. The van der Waals surface area contributed by atoms with Gasteiger partial charge in [-0.3, -0.25) is 4.79 Å². The maximum Gasteiger partial charge on any atom is 0.295 e. The zero-order chi connectivity index (χ0) is 20.2. The molecule has 0 spiro atoms. The molecule has 28 heavy (non-hydrogen) atoms. The van der Waals surface area contributed by atoms with E-state index >= 15 is 0 Å². The molecular weight excluding hydrogens is 382 g/mol. The van der Waals surface area contributed by atoms with Crippen molar-refractivity contribution in [1.29, 1.82) is 0 Å². The Morgan fingerprint density at radius 2 is 1.54 bits per heavy atom. The molecule has 1 atom stereocenters. The molecule has 1 unspecified atom stereocenters. The Bertz CT molecular complexity index is 696. The van der Waals surface area contributed by atoms with E-state index in [0.29, 0.717) is 5.25 Å². The second-order valence-corrected chi connectivity index (χ2v) is 10.1. The van der Waals surface area contributed by atoms with Crippen LogP contribution in [0.3, 0.4) is 0 Å². The van der Waals surface area contributed by atoms with Crippen molar-refractivity contribution < 1.29 is 9.53 Å². The Kier molecular flexibility index (Phi) is 10.1. The zero-order valence-corrected chi connectivity index (χ0v) is 18.9. The Hall–Kier alpha value is -1.26. The largest absolute Gasteiger partial charge is 0.470 e. The van der Waals surface area contributed by atoms with Crippen LogP contribution in [0.15, 0.2) is 60.7 Å². The van der Waals surface area contributed by atoms with Crippen LogP contribution in [0.5, 0.6) is 0 Å². The highest BCUT2D eigenvalue weighted by atomic mass is 32.2. The Morgan fingerprint density at radius 1 is 0.964 bits per heavy atom. The van der Waals surface area contributed by atoms with Crippen LogP contribution in [0.2, 0.25) is 5.21 Å². The number of esters is 1. The van der Waals surface area contributed by atoms with Crippen LogP contribution in [-0.4, -0.2) is 39.8 Å². The number of ether oxygens (including phenoxy) is 1. The van der Waals surface area contributed by atoms with Gasteiger partial charge in [0.25, 0.3) is 5.97 Å². The molecule has 0 saturated heterocycles. The molecule has 0 aromatic heterocycles. The standard InChI is InChI=1S/C22H30B2O2S2/c1-26-21(25)22(23,24)14-12-20(28-17-19-10-6-3-7-11-19)13-15-27-16-18-8-4-2-5-9-18/h2-11,20H,12-17,23-24H2,1H3. The van der Waals surface area contributed by atoms with Gasteiger partial charge in [0.1, 0.15) is 15.7 Å². The van der Waals surface area contributed by atoms with Crippen molar-refractivity contribution >= 4 is 45.2 Å². The molecule has 6 heteroatoms. The summed E-state index contributed by atoms with van der Waals surface area (Å²) in [7, 11) is 5.45. The summed E-state index contributed by atoms with van der Waals surface area (Å²) in [6, 6.07) is 21.3. The van der Waals surface area contributed by atoms with Gasteiger partial charge in [0.15, 0.2) is 0 Å². The van der Waals surface area contributed by atoms with Crippen molar-refractivity contribution in [3.8, 4) is 0 Å². The zero-order valence-electron chi connectivity index (χ0n) is 17.2. The lowest BCUT2D eigenvalue weighted by atomic mass is 9.52. The molecule has 148 valence electrons. The smallest absolute Gasteiger partial charge is 0.295 e. The Labute approximate surface area is 180 Å². The van der Waals surface area contributed by atoms with Crippen molar-refractivity contribution in [3.63, 3.8) is 0 Å². The van der Waals surface area contributed by atoms with Crippen molar-refractivity contribution in [2.24, 2.45) is 0 Å². The van der Waals surface area contributed by atoms with Crippen LogP contribution in [0.25, 0.3) is 0 Å². The van der Waals surface area contributed by atoms with E-state index in [1.54, 1.807) is 0 Å². The predicted molar refractivity (Wildman–Crippen MR) is 130 cm³/mol. The van der Waals surface area contributed by atoms with Crippen molar-refractivity contribution in [1.82, 2.24) is 0 Å². The third-order valence-corrected chi connectivity index (χ3v) is 7.36. The van der Waals surface area contributed by atoms with Crippen LogP contribution in [0.1, 0.15) is 30.4 Å². The second kappa shape index (κ2) is 12.3. The molecule has 2 rings (SSSR count). The molecule has 2 aromatic carbocycles. The Morgan fingerprint density at radius 3 is 2.11 bits per heavy atom. The molecule has 0 aliphatic carbocycles. The lowest BCUT2D eigenvalue weighted by Crippen LogP contribution is -2.27.